The zero-order valence-electron chi connectivity index (χ0n) is 14.4. The summed E-state index contributed by atoms with van der Waals surface area (Å²) in [5.41, 5.74) is 6.37. The molecule has 4 rings (SSSR count). The van der Waals surface area contributed by atoms with Crippen LogP contribution in [0.5, 0.6) is 5.75 Å². The summed E-state index contributed by atoms with van der Waals surface area (Å²) in [6.07, 6.45) is 1.59. The molecule has 0 radical (unpaired) electrons. The Bertz CT molecular complexity index is 1160. The van der Waals surface area contributed by atoms with Gasteiger partial charge in [-0.1, -0.05) is 24.3 Å². The van der Waals surface area contributed by atoms with Crippen molar-refractivity contribution in [3.8, 4) is 5.75 Å². The van der Waals surface area contributed by atoms with Crippen LogP contribution in [-0.4, -0.2) is 21.5 Å². The molecule has 7 heteroatoms. The number of para-hydroxylation sites is 2. The Labute approximate surface area is 154 Å². The standard InChI is InChI=1S/C20H17N3O4/c21-18(25)12-7-1-2-9-14(12)22-19(26)15-17(24)13-8-3-5-11-6-4-10-23(16(11)13)20(15)27/h1-3,5,7-9,24H,4,6,10H2,(H2,21,25)(H,22,26). The molecule has 0 unspecified atom stereocenters. The highest BCUT2D eigenvalue weighted by atomic mass is 16.3. The van der Waals surface area contributed by atoms with Crippen LogP contribution in [0.3, 0.4) is 0 Å². The van der Waals surface area contributed by atoms with Crippen molar-refractivity contribution in [3.05, 3.63) is 69.5 Å². The molecule has 0 fully saturated rings. The van der Waals surface area contributed by atoms with Crippen molar-refractivity contribution in [2.24, 2.45) is 5.73 Å². The largest absolute Gasteiger partial charge is 0.506 e. The van der Waals surface area contributed by atoms with Gasteiger partial charge in [0.1, 0.15) is 11.3 Å². The summed E-state index contributed by atoms with van der Waals surface area (Å²) in [5.74, 6) is -1.85. The van der Waals surface area contributed by atoms with E-state index in [1.165, 1.54) is 16.7 Å². The van der Waals surface area contributed by atoms with Gasteiger partial charge in [-0.25, -0.2) is 0 Å². The third-order valence-electron chi connectivity index (χ3n) is 4.84. The fourth-order valence-corrected chi connectivity index (χ4v) is 3.61. The number of aromatic hydroxyl groups is 1. The number of carbonyl (C=O) groups excluding carboxylic acids is 2. The Morgan fingerprint density at radius 3 is 2.67 bits per heavy atom. The molecule has 0 bridgehead atoms. The van der Waals surface area contributed by atoms with Gasteiger partial charge in [0.25, 0.3) is 17.4 Å². The Balaban J connectivity index is 1.87. The number of nitrogens with zero attached hydrogens (tertiary/aromatic N) is 1. The Hall–Kier alpha value is -3.61. The smallest absolute Gasteiger partial charge is 0.267 e. The van der Waals surface area contributed by atoms with Gasteiger partial charge in [-0.3, -0.25) is 14.4 Å². The zero-order chi connectivity index (χ0) is 19.1. The first-order valence-corrected chi connectivity index (χ1v) is 8.56. The summed E-state index contributed by atoms with van der Waals surface area (Å²) in [6, 6.07) is 11.6. The fourth-order valence-electron chi connectivity index (χ4n) is 3.61. The zero-order valence-corrected chi connectivity index (χ0v) is 14.4. The van der Waals surface area contributed by atoms with Crippen molar-refractivity contribution in [3.63, 3.8) is 0 Å². The van der Waals surface area contributed by atoms with Crippen molar-refractivity contribution < 1.29 is 14.7 Å². The molecule has 1 aromatic heterocycles. The number of pyridine rings is 1. The minimum absolute atomic E-state index is 0.120. The molecule has 2 aromatic carbocycles. The van der Waals surface area contributed by atoms with Crippen LogP contribution >= 0.6 is 0 Å². The monoisotopic (exact) mass is 363 g/mol. The molecule has 1 aliphatic rings. The number of hydrogen-bond donors (Lipinski definition) is 3. The first-order valence-electron chi connectivity index (χ1n) is 8.56. The second-order valence-corrected chi connectivity index (χ2v) is 6.46. The van der Waals surface area contributed by atoms with Gasteiger partial charge in [0, 0.05) is 11.9 Å². The van der Waals surface area contributed by atoms with Crippen LogP contribution in [0, 0.1) is 0 Å². The number of primary amides is 1. The predicted octanol–water partition coefficient (Wildman–Crippen LogP) is 2.00. The summed E-state index contributed by atoms with van der Waals surface area (Å²) in [6.45, 7) is 0.477. The molecule has 136 valence electrons. The molecule has 3 aromatic rings. The molecule has 7 nitrogen and oxygen atoms in total. The summed E-state index contributed by atoms with van der Waals surface area (Å²) < 4.78 is 1.53. The molecule has 0 saturated heterocycles. The van der Waals surface area contributed by atoms with Crippen molar-refractivity contribution in [2.75, 3.05) is 5.32 Å². The van der Waals surface area contributed by atoms with E-state index in [9.17, 15) is 19.5 Å². The van der Waals surface area contributed by atoms with Crippen LogP contribution in [0.15, 0.2) is 47.3 Å². The van der Waals surface area contributed by atoms with Crippen molar-refractivity contribution >= 4 is 28.4 Å². The lowest BCUT2D eigenvalue weighted by atomic mass is 9.99. The van der Waals surface area contributed by atoms with E-state index in [2.05, 4.69) is 5.32 Å². The number of carbonyl (C=O) groups is 2. The Morgan fingerprint density at radius 1 is 1.11 bits per heavy atom. The van der Waals surface area contributed by atoms with E-state index in [0.29, 0.717) is 17.4 Å². The number of nitrogens with two attached hydrogens (primary N) is 1. The van der Waals surface area contributed by atoms with Gasteiger partial charge in [-0.15, -0.1) is 0 Å². The first kappa shape index (κ1) is 16.8. The van der Waals surface area contributed by atoms with Gasteiger partial charge in [0.2, 0.25) is 0 Å². The highest BCUT2D eigenvalue weighted by molar-refractivity contribution is 6.11. The maximum Gasteiger partial charge on any atom is 0.267 e. The Morgan fingerprint density at radius 2 is 1.89 bits per heavy atom. The summed E-state index contributed by atoms with van der Waals surface area (Å²) >= 11 is 0. The maximum absolute atomic E-state index is 12.9. The van der Waals surface area contributed by atoms with E-state index in [4.69, 9.17) is 5.73 Å². The third kappa shape index (κ3) is 2.64. The minimum Gasteiger partial charge on any atom is -0.506 e. The molecule has 2 heterocycles. The lowest BCUT2D eigenvalue weighted by Crippen LogP contribution is -2.32. The number of amides is 2. The van der Waals surface area contributed by atoms with E-state index in [0.717, 1.165) is 18.4 Å². The molecule has 4 N–H and O–H groups in total. The lowest BCUT2D eigenvalue weighted by Gasteiger charge is -2.21. The third-order valence-corrected chi connectivity index (χ3v) is 4.84. The molecule has 0 aliphatic carbocycles. The van der Waals surface area contributed by atoms with E-state index < -0.39 is 17.4 Å². The molecule has 0 atom stereocenters. The van der Waals surface area contributed by atoms with E-state index in [-0.39, 0.29) is 22.6 Å². The molecule has 1 aliphatic heterocycles. The van der Waals surface area contributed by atoms with Gasteiger partial charge in [0.05, 0.1) is 16.8 Å². The molecule has 0 saturated carbocycles. The highest BCUT2D eigenvalue weighted by Crippen LogP contribution is 2.32. The first-order chi connectivity index (χ1) is 13.0. The molecule has 27 heavy (non-hydrogen) atoms. The lowest BCUT2D eigenvalue weighted by molar-refractivity contribution is 0.100. The van der Waals surface area contributed by atoms with Crippen molar-refractivity contribution in [1.29, 1.82) is 0 Å². The number of nitrogens with one attached hydrogen (secondary N) is 1. The minimum atomic E-state index is -0.784. The average molecular weight is 363 g/mol. The maximum atomic E-state index is 12.9. The molecule has 0 spiro atoms. The van der Waals surface area contributed by atoms with E-state index >= 15 is 0 Å². The number of anilines is 1. The number of hydrogen-bond acceptors (Lipinski definition) is 4. The van der Waals surface area contributed by atoms with E-state index in [1.54, 1.807) is 24.3 Å². The number of benzene rings is 2. The van der Waals surface area contributed by atoms with Gasteiger partial charge in [-0.05, 0) is 36.6 Å². The van der Waals surface area contributed by atoms with Crippen LogP contribution in [0.25, 0.3) is 10.9 Å². The summed E-state index contributed by atoms with van der Waals surface area (Å²) in [4.78, 5) is 37.3. The van der Waals surface area contributed by atoms with Gasteiger partial charge < -0.3 is 20.7 Å². The van der Waals surface area contributed by atoms with Gasteiger partial charge in [0.15, 0.2) is 0 Å². The topological polar surface area (TPSA) is 114 Å². The van der Waals surface area contributed by atoms with Gasteiger partial charge >= 0.3 is 0 Å². The average Bonchev–Trinajstić information content (AvgIpc) is 2.66. The second kappa shape index (κ2) is 6.28. The van der Waals surface area contributed by atoms with Crippen LogP contribution in [0.2, 0.25) is 0 Å². The molecule has 2 amide bonds. The highest BCUT2D eigenvalue weighted by Gasteiger charge is 2.25. The SMILES string of the molecule is NC(=O)c1ccccc1NC(=O)c1c(O)c2cccc3c2n(c1=O)CCC3. The summed E-state index contributed by atoms with van der Waals surface area (Å²) in [5, 5.41) is 13.6. The number of aryl methyl sites for hydroxylation is 2. The van der Waals surface area contributed by atoms with Crippen LogP contribution < -0.4 is 16.6 Å². The second-order valence-electron chi connectivity index (χ2n) is 6.46. The van der Waals surface area contributed by atoms with Crippen molar-refractivity contribution in [2.45, 2.75) is 19.4 Å². The van der Waals surface area contributed by atoms with Crippen LogP contribution in [-0.2, 0) is 13.0 Å². The van der Waals surface area contributed by atoms with Crippen molar-refractivity contribution in [1.82, 2.24) is 4.57 Å². The normalized spacial score (nSPS) is 12.7. The molecular weight excluding hydrogens is 346 g/mol. The number of aromatic nitrogens is 1. The van der Waals surface area contributed by atoms with E-state index in [1.807, 2.05) is 6.07 Å². The Kier molecular flexibility index (Phi) is 3.92. The van der Waals surface area contributed by atoms with Crippen LogP contribution in [0.4, 0.5) is 5.69 Å². The predicted molar refractivity (Wildman–Crippen MR) is 101 cm³/mol. The van der Waals surface area contributed by atoms with Gasteiger partial charge in [-0.2, -0.15) is 0 Å². The van der Waals surface area contributed by atoms with Crippen LogP contribution in [0.1, 0.15) is 32.7 Å². The molecular formula is C20H17N3O4. The summed E-state index contributed by atoms with van der Waals surface area (Å²) in [7, 11) is 0. The number of rotatable bonds is 3. The quantitative estimate of drug-likeness (QED) is 0.660. The fraction of sp³-hybridized carbons (Fsp3) is 0.150.